The van der Waals surface area contributed by atoms with E-state index in [1.165, 1.54) is 7.11 Å². The Morgan fingerprint density at radius 3 is 2.35 bits per heavy atom. The van der Waals surface area contributed by atoms with Gasteiger partial charge in [0.1, 0.15) is 5.92 Å². The maximum Gasteiger partial charge on any atom is 0.315 e. The number of methoxy groups -OCH3 is 1. The number of carbonyl (C=O) groups excluding carboxylic acids is 2. The second-order valence-corrected chi connectivity index (χ2v) is 9.03. The Labute approximate surface area is 195 Å². The van der Waals surface area contributed by atoms with E-state index < -0.39 is 17.8 Å². The minimum atomic E-state index is -0.753. The molecule has 3 unspecified atom stereocenters. The minimum absolute atomic E-state index is 0.00736. The first-order valence-electron chi connectivity index (χ1n) is 9.80. The SMILES string of the molecule is C=C1NC2=C(C(=O)CC(c3ccc(Cl)cc3)C2)C(c2ccc(Cl)c(Cl)c2)C1C(=O)OC. The smallest absolute Gasteiger partial charge is 0.315 e. The van der Waals surface area contributed by atoms with Crippen LogP contribution in [0.15, 0.2) is 66.0 Å². The number of nitrogens with one attached hydrogen (secondary N) is 1. The number of hydrogen-bond acceptors (Lipinski definition) is 4. The van der Waals surface area contributed by atoms with E-state index in [4.69, 9.17) is 39.5 Å². The van der Waals surface area contributed by atoms with E-state index in [0.29, 0.717) is 39.2 Å². The zero-order valence-corrected chi connectivity index (χ0v) is 19.0. The molecule has 0 saturated carbocycles. The highest BCUT2D eigenvalue weighted by atomic mass is 35.5. The summed E-state index contributed by atoms with van der Waals surface area (Å²) in [6, 6.07) is 12.7. The van der Waals surface area contributed by atoms with Gasteiger partial charge in [0.15, 0.2) is 5.78 Å². The summed E-state index contributed by atoms with van der Waals surface area (Å²) >= 11 is 18.4. The van der Waals surface area contributed by atoms with Crippen LogP contribution < -0.4 is 5.32 Å². The van der Waals surface area contributed by atoms with Crippen LogP contribution in [0.3, 0.4) is 0 Å². The molecule has 1 heterocycles. The summed E-state index contributed by atoms with van der Waals surface area (Å²) in [5, 5.41) is 4.64. The van der Waals surface area contributed by atoms with Gasteiger partial charge >= 0.3 is 5.97 Å². The highest BCUT2D eigenvalue weighted by Gasteiger charge is 2.45. The molecule has 31 heavy (non-hydrogen) atoms. The molecule has 1 aliphatic carbocycles. The van der Waals surface area contributed by atoms with Crippen LogP contribution in [0.4, 0.5) is 0 Å². The average molecular weight is 477 g/mol. The van der Waals surface area contributed by atoms with Crippen molar-refractivity contribution in [3.63, 3.8) is 0 Å². The van der Waals surface area contributed by atoms with Crippen LogP contribution in [-0.2, 0) is 14.3 Å². The molecule has 0 fully saturated rings. The summed E-state index contributed by atoms with van der Waals surface area (Å²) in [7, 11) is 1.32. The van der Waals surface area contributed by atoms with E-state index in [9.17, 15) is 9.59 Å². The summed E-state index contributed by atoms with van der Waals surface area (Å²) in [4.78, 5) is 26.1. The Kier molecular flexibility index (Phi) is 6.16. The van der Waals surface area contributed by atoms with Crippen molar-refractivity contribution in [1.82, 2.24) is 5.32 Å². The van der Waals surface area contributed by atoms with E-state index in [0.717, 1.165) is 16.8 Å². The average Bonchev–Trinajstić information content (AvgIpc) is 2.74. The molecule has 4 nitrogen and oxygen atoms in total. The number of carbonyl (C=O) groups is 2. The lowest BCUT2D eigenvalue weighted by molar-refractivity contribution is -0.144. The molecular weight excluding hydrogens is 457 g/mol. The van der Waals surface area contributed by atoms with Gasteiger partial charge in [-0.1, -0.05) is 59.6 Å². The van der Waals surface area contributed by atoms with Gasteiger partial charge in [0.25, 0.3) is 0 Å². The Balaban J connectivity index is 1.81. The predicted molar refractivity (Wildman–Crippen MR) is 122 cm³/mol. The Hall–Kier alpha value is -2.27. The largest absolute Gasteiger partial charge is 0.468 e. The first-order valence-corrected chi connectivity index (χ1v) is 10.9. The second-order valence-electron chi connectivity index (χ2n) is 7.77. The zero-order valence-electron chi connectivity index (χ0n) is 16.8. The van der Waals surface area contributed by atoms with Crippen LogP contribution in [-0.4, -0.2) is 18.9 Å². The molecule has 0 radical (unpaired) electrons. The molecule has 2 aromatic carbocycles. The monoisotopic (exact) mass is 475 g/mol. The van der Waals surface area contributed by atoms with Crippen LogP contribution in [0.5, 0.6) is 0 Å². The third kappa shape index (κ3) is 4.12. The Bertz CT molecular complexity index is 1110. The molecule has 4 rings (SSSR count). The Morgan fingerprint density at radius 2 is 1.71 bits per heavy atom. The van der Waals surface area contributed by atoms with Crippen molar-refractivity contribution >= 4 is 46.6 Å². The molecule has 7 heteroatoms. The molecular formula is C24H20Cl3NO3. The highest BCUT2D eigenvalue weighted by molar-refractivity contribution is 6.42. The molecule has 1 aliphatic heterocycles. The number of allylic oxidation sites excluding steroid dienone is 2. The van der Waals surface area contributed by atoms with Crippen LogP contribution in [0.2, 0.25) is 15.1 Å². The van der Waals surface area contributed by atoms with Crippen LogP contribution >= 0.6 is 34.8 Å². The van der Waals surface area contributed by atoms with Crippen molar-refractivity contribution in [3.05, 3.63) is 92.2 Å². The molecule has 2 aromatic rings. The number of Topliss-reactive ketones (excluding diaryl/α,β-unsaturated/α-hetero) is 1. The number of rotatable bonds is 3. The fraction of sp³-hybridized carbons (Fsp3) is 0.250. The summed E-state index contributed by atoms with van der Waals surface area (Å²) in [5.41, 5.74) is 3.60. The van der Waals surface area contributed by atoms with Gasteiger partial charge in [-0.25, -0.2) is 0 Å². The van der Waals surface area contributed by atoms with Crippen molar-refractivity contribution in [1.29, 1.82) is 0 Å². The number of esters is 1. The lowest BCUT2D eigenvalue weighted by atomic mass is 9.69. The quantitative estimate of drug-likeness (QED) is 0.549. The van der Waals surface area contributed by atoms with Gasteiger partial charge in [-0.05, 0) is 47.7 Å². The normalized spacial score (nSPS) is 23.3. The van der Waals surface area contributed by atoms with Crippen molar-refractivity contribution in [2.45, 2.75) is 24.7 Å². The minimum Gasteiger partial charge on any atom is -0.468 e. The van der Waals surface area contributed by atoms with Crippen LogP contribution in [0.1, 0.15) is 35.8 Å². The van der Waals surface area contributed by atoms with E-state index in [1.807, 2.05) is 24.3 Å². The van der Waals surface area contributed by atoms with Crippen LogP contribution in [0.25, 0.3) is 0 Å². The zero-order chi connectivity index (χ0) is 22.3. The standard InChI is InChI=1S/C24H20Cl3NO3/c1-12-21(24(30)31-2)22(14-5-8-17(26)18(27)9-14)23-19(28-12)10-15(11-20(23)29)13-3-6-16(25)7-4-13/h3-9,15,21-22,28H,1,10-11H2,2H3. The molecule has 0 saturated heterocycles. The van der Waals surface area contributed by atoms with Crippen LogP contribution in [0, 0.1) is 5.92 Å². The maximum absolute atomic E-state index is 13.4. The summed E-state index contributed by atoms with van der Waals surface area (Å²) in [6.45, 7) is 4.07. The van der Waals surface area contributed by atoms with E-state index in [1.54, 1.807) is 18.2 Å². The number of halogens is 3. The van der Waals surface area contributed by atoms with Gasteiger partial charge in [0.2, 0.25) is 0 Å². The molecule has 0 spiro atoms. The van der Waals surface area contributed by atoms with Crippen molar-refractivity contribution in [3.8, 4) is 0 Å². The first-order chi connectivity index (χ1) is 14.8. The first kappa shape index (κ1) is 21.9. The van der Waals surface area contributed by atoms with E-state index in [-0.39, 0.29) is 11.7 Å². The van der Waals surface area contributed by atoms with Crippen molar-refractivity contribution in [2.75, 3.05) is 7.11 Å². The third-order valence-corrected chi connectivity index (χ3v) is 6.93. The maximum atomic E-state index is 13.4. The fourth-order valence-corrected chi connectivity index (χ4v) is 4.92. The van der Waals surface area contributed by atoms with E-state index in [2.05, 4.69) is 11.9 Å². The number of ketones is 1. The molecule has 2 aliphatic rings. The molecule has 0 amide bonds. The number of hydrogen-bond donors (Lipinski definition) is 1. The number of ether oxygens (including phenoxy) is 1. The summed E-state index contributed by atoms with van der Waals surface area (Å²) < 4.78 is 5.04. The Morgan fingerprint density at radius 1 is 1.03 bits per heavy atom. The van der Waals surface area contributed by atoms with Gasteiger partial charge in [0, 0.05) is 34.3 Å². The molecule has 0 aromatic heterocycles. The van der Waals surface area contributed by atoms with Gasteiger partial charge in [-0.3, -0.25) is 9.59 Å². The lowest BCUT2D eigenvalue weighted by Gasteiger charge is -2.40. The third-order valence-electron chi connectivity index (χ3n) is 5.94. The predicted octanol–water partition coefficient (Wildman–Crippen LogP) is 6.04. The molecule has 0 bridgehead atoms. The van der Waals surface area contributed by atoms with E-state index >= 15 is 0 Å². The van der Waals surface area contributed by atoms with Crippen molar-refractivity contribution in [2.24, 2.45) is 5.92 Å². The van der Waals surface area contributed by atoms with Gasteiger partial charge in [0.05, 0.1) is 17.2 Å². The molecule has 3 atom stereocenters. The van der Waals surface area contributed by atoms with Gasteiger partial charge in [-0.2, -0.15) is 0 Å². The van der Waals surface area contributed by atoms with Crippen molar-refractivity contribution < 1.29 is 14.3 Å². The summed E-state index contributed by atoms with van der Waals surface area (Å²) in [5.74, 6) is -1.78. The number of benzene rings is 2. The topological polar surface area (TPSA) is 55.4 Å². The molecule has 1 N–H and O–H groups in total. The molecule has 160 valence electrons. The fourth-order valence-electron chi connectivity index (χ4n) is 4.49. The lowest BCUT2D eigenvalue weighted by Crippen LogP contribution is -2.42. The van der Waals surface area contributed by atoms with Gasteiger partial charge in [-0.15, -0.1) is 0 Å². The second kappa shape index (κ2) is 8.70. The summed E-state index contributed by atoms with van der Waals surface area (Å²) in [6.07, 6.45) is 0.952. The highest BCUT2D eigenvalue weighted by Crippen LogP contribution is 2.47. The van der Waals surface area contributed by atoms with Gasteiger partial charge < -0.3 is 10.1 Å².